The molecule has 0 fully saturated rings. The third kappa shape index (κ3) is 3.82. The number of benzene rings is 1. The molecule has 4 rings (SSSR count). The molecular weight excluding hydrogens is 376 g/mol. The monoisotopic (exact) mass is 394 g/mol. The highest BCUT2D eigenvalue weighted by atomic mass is 32.2. The number of pyridine rings is 1. The molecule has 0 spiro atoms. The van der Waals surface area contributed by atoms with Crippen molar-refractivity contribution in [2.45, 2.75) is 36.6 Å². The third-order valence-electron chi connectivity index (χ3n) is 4.79. The first-order valence-electron chi connectivity index (χ1n) is 8.99. The lowest BCUT2D eigenvalue weighted by atomic mass is 10.2. The second-order valence-corrected chi connectivity index (χ2v) is 7.60. The van der Waals surface area contributed by atoms with Crippen molar-refractivity contribution in [2.75, 3.05) is 0 Å². The van der Waals surface area contributed by atoms with Crippen LogP contribution in [0.4, 0.5) is 5.69 Å². The molecule has 1 aliphatic carbocycles. The van der Waals surface area contributed by atoms with E-state index in [0.717, 1.165) is 46.7 Å². The Morgan fingerprint density at radius 1 is 1.14 bits per heavy atom. The molecule has 0 bridgehead atoms. The summed E-state index contributed by atoms with van der Waals surface area (Å²) in [6, 6.07) is 10.3. The summed E-state index contributed by atoms with van der Waals surface area (Å²) >= 11 is 1.52. The number of hydrogen-bond donors (Lipinski definition) is 0. The minimum absolute atomic E-state index is 0.0748. The average molecular weight is 394 g/mol. The van der Waals surface area contributed by atoms with Crippen LogP contribution in [0, 0.1) is 10.1 Å². The van der Waals surface area contributed by atoms with Crippen molar-refractivity contribution >= 4 is 17.4 Å². The van der Waals surface area contributed by atoms with Gasteiger partial charge in [-0.1, -0.05) is 18.2 Å². The minimum atomic E-state index is -0.409. The van der Waals surface area contributed by atoms with Gasteiger partial charge in [0.05, 0.1) is 11.5 Å². The van der Waals surface area contributed by atoms with Gasteiger partial charge in [0.2, 0.25) is 0 Å². The van der Waals surface area contributed by atoms with Crippen LogP contribution in [0.3, 0.4) is 0 Å². The van der Waals surface area contributed by atoms with E-state index in [1.54, 1.807) is 29.1 Å². The van der Waals surface area contributed by atoms with Crippen LogP contribution >= 0.6 is 11.8 Å². The molecule has 0 unspecified atom stereocenters. The highest BCUT2D eigenvalue weighted by molar-refractivity contribution is 7.98. The van der Waals surface area contributed by atoms with Gasteiger partial charge < -0.3 is 0 Å². The van der Waals surface area contributed by atoms with E-state index < -0.39 is 4.92 Å². The van der Waals surface area contributed by atoms with Gasteiger partial charge >= 0.3 is 5.69 Å². The Morgan fingerprint density at radius 3 is 2.68 bits per heavy atom. The second kappa shape index (κ2) is 7.93. The van der Waals surface area contributed by atoms with Crippen LogP contribution in [0.15, 0.2) is 58.6 Å². The molecule has 0 radical (unpaired) electrons. The molecule has 0 aliphatic heterocycles. The van der Waals surface area contributed by atoms with E-state index in [9.17, 15) is 14.9 Å². The van der Waals surface area contributed by atoms with Crippen molar-refractivity contribution in [3.05, 3.63) is 91.8 Å². The molecule has 7 nitrogen and oxygen atoms in total. The Labute approximate surface area is 165 Å². The van der Waals surface area contributed by atoms with Gasteiger partial charge in [-0.3, -0.25) is 19.7 Å². The Kier molecular flexibility index (Phi) is 5.21. The topological polar surface area (TPSA) is 90.9 Å². The molecule has 0 saturated heterocycles. The van der Waals surface area contributed by atoms with Gasteiger partial charge in [-0.15, -0.1) is 11.8 Å². The molecule has 3 aromatic rings. The Balaban J connectivity index is 1.57. The van der Waals surface area contributed by atoms with E-state index in [1.165, 1.54) is 23.9 Å². The fraction of sp³-hybridized carbons (Fsp3) is 0.250. The van der Waals surface area contributed by atoms with Crippen molar-refractivity contribution in [3.8, 4) is 0 Å². The zero-order valence-electron chi connectivity index (χ0n) is 15.1. The highest BCUT2D eigenvalue weighted by Crippen LogP contribution is 2.31. The Bertz CT molecular complexity index is 1070. The number of hydrogen-bond acceptors (Lipinski definition) is 6. The summed E-state index contributed by atoms with van der Waals surface area (Å²) in [5, 5.41) is 11.5. The zero-order chi connectivity index (χ0) is 19.5. The molecule has 0 saturated carbocycles. The molecular formula is C20H18N4O3S. The number of fused-ring (bicyclic) bond motifs is 1. The summed E-state index contributed by atoms with van der Waals surface area (Å²) in [7, 11) is 0. The summed E-state index contributed by atoms with van der Waals surface area (Å²) in [4.78, 5) is 31.5. The van der Waals surface area contributed by atoms with Gasteiger partial charge in [-0.2, -0.15) is 4.98 Å². The highest BCUT2D eigenvalue weighted by Gasteiger charge is 2.22. The lowest BCUT2D eigenvalue weighted by molar-refractivity contribution is -0.384. The first-order chi connectivity index (χ1) is 13.6. The predicted molar refractivity (Wildman–Crippen MR) is 107 cm³/mol. The number of nitro benzene ring substituents is 1. The van der Waals surface area contributed by atoms with Gasteiger partial charge in [-0.05, 0) is 36.5 Å². The van der Waals surface area contributed by atoms with Gasteiger partial charge in [0.1, 0.15) is 5.03 Å². The zero-order valence-corrected chi connectivity index (χ0v) is 15.9. The lowest BCUT2D eigenvalue weighted by Crippen LogP contribution is -2.27. The largest absolute Gasteiger partial charge is 0.349 e. The summed E-state index contributed by atoms with van der Waals surface area (Å²) in [5.41, 5.74) is 3.99. The molecule has 0 amide bonds. The number of non-ortho nitro benzene ring substituents is 1. The third-order valence-corrected chi connectivity index (χ3v) is 5.88. The fourth-order valence-corrected chi connectivity index (χ4v) is 4.44. The second-order valence-electron chi connectivity index (χ2n) is 6.64. The molecule has 0 N–H and O–H groups in total. The maximum Gasteiger partial charge on any atom is 0.349 e. The quantitative estimate of drug-likeness (QED) is 0.275. The standard InChI is InChI=1S/C20H18N4O3S/c25-20-22-19(28-13-14-6-8-16(9-7-14)24(26)27)17-4-1-5-18(17)23(20)12-15-3-2-10-21-11-15/h2-3,6-11H,1,4-5,12-13H2. The summed E-state index contributed by atoms with van der Waals surface area (Å²) in [5.74, 6) is 0.615. The van der Waals surface area contributed by atoms with Crippen LogP contribution in [-0.2, 0) is 25.1 Å². The fourth-order valence-electron chi connectivity index (χ4n) is 3.41. The van der Waals surface area contributed by atoms with Crippen LogP contribution in [0.25, 0.3) is 0 Å². The summed E-state index contributed by atoms with van der Waals surface area (Å²) in [6.07, 6.45) is 6.28. The van der Waals surface area contributed by atoms with Crippen LogP contribution in [0.1, 0.15) is 28.8 Å². The van der Waals surface area contributed by atoms with E-state index >= 15 is 0 Å². The summed E-state index contributed by atoms with van der Waals surface area (Å²) < 4.78 is 1.76. The van der Waals surface area contributed by atoms with Gasteiger partial charge in [0.25, 0.3) is 5.69 Å². The molecule has 1 aliphatic rings. The van der Waals surface area contributed by atoms with Crippen LogP contribution in [-0.4, -0.2) is 19.5 Å². The van der Waals surface area contributed by atoms with E-state index in [0.29, 0.717) is 12.3 Å². The molecule has 2 aromatic heterocycles. The van der Waals surface area contributed by atoms with Crippen LogP contribution in [0.2, 0.25) is 0 Å². The number of nitro groups is 1. The molecule has 142 valence electrons. The number of rotatable bonds is 6. The van der Waals surface area contributed by atoms with Gasteiger partial charge in [0.15, 0.2) is 0 Å². The normalized spacial score (nSPS) is 12.7. The maximum atomic E-state index is 12.7. The molecule has 28 heavy (non-hydrogen) atoms. The first kappa shape index (κ1) is 18.4. The number of thioether (sulfide) groups is 1. The first-order valence-corrected chi connectivity index (χ1v) is 9.98. The van der Waals surface area contributed by atoms with E-state index in [-0.39, 0.29) is 11.4 Å². The number of nitrogens with zero attached hydrogens (tertiary/aromatic N) is 4. The molecule has 0 atom stereocenters. The van der Waals surface area contributed by atoms with Crippen molar-refractivity contribution in [1.82, 2.24) is 14.5 Å². The van der Waals surface area contributed by atoms with Crippen molar-refractivity contribution in [2.24, 2.45) is 0 Å². The Hall–Kier alpha value is -3.00. The maximum absolute atomic E-state index is 12.7. The van der Waals surface area contributed by atoms with E-state index in [1.807, 2.05) is 12.1 Å². The van der Waals surface area contributed by atoms with Crippen LogP contribution in [0.5, 0.6) is 0 Å². The van der Waals surface area contributed by atoms with Gasteiger partial charge in [-0.25, -0.2) is 4.79 Å². The molecule has 8 heteroatoms. The minimum Gasteiger partial charge on any atom is -0.291 e. The lowest BCUT2D eigenvalue weighted by Gasteiger charge is -2.14. The molecule has 1 aromatic carbocycles. The van der Waals surface area contributed by atoms with Crippen LogP contribution < -0.4 is 5.69 Å². The summed E-state index contributed by atoms with van der Waals surface area (Å²) in [6.45, 7) is 0.481. The Morgan fingerprint density at radius 2 is 1.96 bits per heavy atom. The van der Waals surface area contributed by atoms with Crippen molar-refractivity contribution in [3.63, 3.8) is 0 Å². The van der Waals surface area contributed by atoms with E-state index in [4.69, 9.17) is 0 Å². The van der Waals surface area contributed by atoms with Crippen molar-refractivity contribution < 1.29 is 4.92 Å². The van der Waals surface area contributed by atoms with Crippen molar-refractivity contribution in [1.29, 1.82) is 0 Å². The smallest absolute Gasteiger partial charge is 0.291 e. The van der Waals surface area contributed by atoms with Gasteiger partial charge in [0, 0.05) is 41.5 Å². The SMILES string of the molecule is O=c1nc(SCc2ccc([N+](=O)[O-])cc2)c2c(n1Cc1cccnc1)CCC2. The molecule has 2 heterocycles. The van der Waals surface area contributed by atoms with E-state index in [2.05, 4.69) is 9.97 Å². The predicted octanol–water partition coefficient (Wildman–Crippen LogP) is 3.38. The number of aromatic nitrogens is 3. The average Bonchev–Trinajstić information content (AvgIpc) is 3.20.